The van der Waals surface area contributed by atoms with Crippen LogP contribution in [0, 0.1) is 6.92 Å². The lowest BCUT2D eigenvalue weighted by Gasteiger charge is -2.11. The molecule has 0 amide bonds. The van der Waals surface area contributed by atoms with Gasteiger partial charge in [0, 0.05) is 18.0 Å². The zero-order valence-corrected chi connectivity index (χ0v) is 11.8. The summed E-state index contributed by atoms with van der Waals surface area (Å²) in [4.78, 5) is 4.70. The molecule has 3 aromatic rings. The van der Waals surface area contributed by atoms with Gasteiger partial charge in [0.1, 0.15) is 11.6 Å². The van der Waals surface area contributed by atoms with Gasteiger partial charge in [-0.2, -0.15) is 5.10 Å². The highest BCUT2D eigenvalue weighted by Crippen LogP contribution is 2.22. The summed E-state index contributed by atoms with van der Waals surface area (Å²) in [6.07, 6.45) is 2.87. The van der Waals surface area contributed by atoms with Gasteiger partial charge < -0.3 is 5.32 Å². The van der Waals surface area contributed by atoms with Crippen LogP contribution in [0.5, 0.6) is 0 Å². The van der Waals surface area contributed by atoms with Crippen LogP contribution in [0.1, 0.15) is 18.9 Å². The highest BCUT2D eigenvalue weighted by Gasteiger charge is 2.06. The van der Waals surface area contributed by atoms with Crippen LogP contribution in [-0.4, -0.2) is 14.8 Å². The standard InChI is InChI=1S/C16H18N4/c1-3-10-20-15(8-9-17-20)19-16-12(2)11-13-6-4-5-7-14(13)18-16/h4-9,11H,3,10H2,1-2H3,(H,18,19). The molecule has 3 rings (SSSR count). The van der Waals surface area contributed by atoms with Crippen molar-refractivity contribution in [2.75, 3.05) is 5.32 Å². The lowest BCUT2D eigenvalue weighted by atomic mass is 10.1. The van der Waals surface area contributed by atoms with Gasteiger partial charge in [0.2, 0.25) is 0 Å². The molecule has 0 fully saturated rings. The second-order valence-corrected chi connectivity index (χ2v) is 4.91. The molecular weight excluding hydrogens is 248 g/mol. The van der Waals surface area contributed by atoms with E-state index < -0.39 is 0 Å². The maximum Gasteiger partial charge on any atom is 0.135 e. The molecule has 0 radical (unpaired) electrons. The topological polar surface area (TPSA) is 42.7 Å². The summed E-state index contributed by atoms with van der Waals surface area (Å²) in [6, 6.07) is 12.3. The summed E-state index contributed by atoms with van der Waals surface area (Å²) in [5.74, 6) is 1.87. The molecule has 0 unspecified atom stereocenters. The Morgan fingerprint density at radius 2 is 2.05 bits per heavy atom. The summed E-state index contributed by atoms with van der Waals surface area (Å²) in [7, 11) is 0. The molecule has 4 nitrogen and oxygen atoms in total. The van der Waals surface area contributed by atoms with E-state index in [-0.39, 0.29) is 0 Å². The maximum atomic E-state index is 4.70. The Morgan fingerprint density at radius 1 is 1.20 bits per heavy atom. The molecule has 2 aromatic heterocycles. The number of anilines is 2. The molecule has 0 spiro atoms. The maximum absolute atomic E-state index is 4.70. The molecule has 0 bridgehead atoms. The number of aromatic nitrogens is 3. The molecule has 1 aromatic carbocycles. The van der Waals surface area contributed by atoms with Crippen LogP contribution >= 0.6 is 0 Å². The Bertz CT molecular complexity index is 730. The molecule has 1 N–H and O–H groups in total. The van der Waals surface area contributed by atoms with Crippen LogP contribution < -0.4 is 5.32 Å². The molecule has 4 heteroatoms. The number of benzene rings is 1. The fraction of sp³-hybridized carbons (Fsp3) is 0.250. The highest BCUT2D eigenvalue weighted by atomic mass is 15.3. The van der Waals surface area contributed by atoms with E-state index in [1.54, 1.807) is 0 Å². The minimum absolute atomic E-state index is 0.890. The van der Waals surface area contributed by atoms with E-state index in [1.165, 1.54) is 0 Å². The largest absolute Gasteiger partial charge is 0.325 e. The lowest BCUT2D eigenvalue weighted by molar-refractivity contribution is 0.610. The van der Waals surface area contributed by atoms with Crippen molar-refractivity contribution in [3.05, 3.63) is 48.2 Å². The number of nitrogens with zero attached hydrogens (tertiary/aromatic N) is 3. The van der Waals surface area contributed by atoms with E-state index in [1.807, 2.05) is 35.1 Å². The number of hydrogen-bond acceptors (Lipinski definition) is 3. The van der Waals surface area contributed by atoms with E-state index in [0.29, 0.717) is 0 Å². The minimum atomic E-state index is 0.890. The van der Waals surface area contributed by atoms with Crippen LogP contribution in [0.25, 0.3) is 10.9 Å². The Labute approximate surface area is 118 Å². The zero-order valence-electron chi connectivity index (χ0n) is 11.8. The molecule has 0 aliphatic rings. The molecule has 2 heterocycles. The third-order valence-corrected chi connectivity index (χ3v) is 3.31. The first-order valence-electron chi connectivity index (χ1n) is 6.93. The van der Waals surface area contributed by atoms with Crippen molar-refractivity contribution in [2.24, 2.45) is 0 Å². The van der Waals surface area contributed by atoms with Gasteiger partial charge in [-0.1, -0.05) is 25.1 Å². The number of rotatable bonds is 4. The minimum Gasteiger partial charge on any atom is -0.325 e. The first kappa shape index (κ1) is 12.7. The third-order valence-electron chi connectivity index (χ3n) is 3.31. The number of para-hydroxylation sites is 1. The van der Waals surface area contributed by atoms with Crippen LogP contribution in [0.4, 0.5) is 11.6 Å². The van der Waals surface area contributed by atoms with Crippen LogP contribution in [-0.2, 0) is 6.54 Å². The van der Waals surface area contributed by atoms with E-state index in [9.17, 15) is 0 Å². The van der Waals surface area contributed by atoms with E-state index in [0.717, 1.165) is 41.1 Å². The number of pyridine rings is 1. The van der Waals surface area contributed by atoms with Gasteiger partial charge in [0.15, 0.2) is 0 Å². The molecule has 0 aliphatic heterocycles. The Kier molecular flexibility index (Phi) is 3.37. The zero-order chi connectivity index (χ0) is 13.9. The first-order chi connectivity index (χ1) is 9.78. The molecular formula is C16H18N4. The van der Waals surface area contributed by atoms with Crippen molar-refractivity contribution in [1.29, 1.82) is 0 Å². The summed E-state index contributed by atoms with van der Waals surface area (Å²) < 4.78 is 1.97. The molecule has 0 saturated carbocycles. The predicted octanol–water partition coefficient (Wildman–Crippen LogP) is 3.89. The third kappa shape index (κ3) is 2.37. The molecule has 0 saturated heterocycles. The number of nitrogens with one attached hydrogen (secondary N) is 1. The average Bonchev–Trinajstić information content (AvgIpc) is 2.87. The Morgan fingerprint density at radius 3 is 2.90 bits per heavy atom. The number of aryl methyl sites for hydroxylation is 2. The van der Waals surface area contributed by atoms with Crippen molar-refractivity contribution in [3.63, 3.8) is 0 Å². The summed E-state index contributed by atoms with van der Waals surface area (Å²) in [5, 5.41) is 8.87. The summed E-state index contributed by atoms with van der Waals surface area (Å²) in [5.41, 5.74) is 2.13. The Balaban J connectivity index is 1.97. The molecule has 20 heavy (non-hydrogen) atoms. The fourth-order valence-corrected chi connectivity index (χ4v) is 2.30. The fourth-order valence-electron chi connectivity index (χ4n) is 2.30. The van der Waals surface area contributed by atoms with E-state index in [4.69, 9.17) is 4.98 Å². The van der Waals surface area contributed by atoms with Crippen LogP contribution in [0.3, 0.4) is 0 Å². The van der Waals surface area contributed by atoms with E-state index >= 15 is 0 Å². The number of fused-ring (bicyclic) bond motifs is 1. The highest BCUT2D eigenvalue weighted by molar-refractivity contribution is 5.82. The second kappa shape index (κ2) is 5.33. The van der Waals surface area contributed by atoms with Crippen molar-refractivity contribution < 1.29 is 0 Å². The summed E-state index contributed by atoms with van der Waals surface area (Å²) >= 11 is 0. The summed E-state index contributed by atoms with van der Waals surface area (Å²) in [6.45, 7) is 5.12. The van der Waals surface area contributed by atoms with Gasteiger partial charge in [0.05, 0.1) is 11.7 Å². The first-order valence-corrected chi connectivity index (χ1v) is 6.93. The van der Waals surface area contributed by atoms with Gasteiger partial charge >= 0.3 is 0 Å². The quantitative estimate of drug-likeness (QED) is 0.779. The van der Waals surface area contributed by atoms with E-state index in [2.05, 4.69) is 36.4 Å². The van der Waals surface area contributed by atoms with Gasteiger partial charge in [-0.15, -0.1) is 0 Å². The van der Waals surface area contributed by atoms with Crippen molar-refractivity contribution in [2.45, 2.75) is 26.8 Å². The van der Waals surface area contributed by atoms with Crippen molar-refractivity contribution in [1.82, 2.24) is 14.8 Å². The lowest BCUT2D eigenvalue weighted by Crippen LogP contribution is -2.06. The predicted molar refractivity (Wildman–Crippen MR) is 82.3 cm³/mol. The van der Waals surface area contributed by atoms with Crippen molar-refractivity contribution in [3.8, 4) is 0 Å². The molecule has 102 valence electrons. The van der Waals surface area contributed by atoms with Crippen LogP contribution in [0.15, 0.2) is 42.6 Å². The molecule has 0 atom stereocenters. The van der Waals surface area contributed by atoms with Crippen molar-refractivity contribution >= 4 is 22.5 Å². The van der Waals surface area contributed by atoms with Gasteiger partial charge in [-0.3, -0.25) is 0 Å². The SMILES string of the molecule is CCCn1nccc1Nc1nc2ccccc2cc1C. The second-order valence-electron chi connectivity index (χ2n) is 4.91. The average molecular weight is 266 g/mol. The monoisotopic (exact) mass is 266 g/mol. The molecule has 0 aliphatic carbocycles. The number of hydrogen-bond donors (Lipinski definition) is 1. The normalized spacial score (nSPS) is 10.9. The van der Waals surface area contributed by atoms with Gasteiger partial charge in [0.25, 0.3) is 0 Å². The van der Waals surface area contributed by atoms with Gasteiger partial charge in [-0.25, -0.2) is 9.67 Å². The van der Waals surface area contributed by atoms with Crippen LogP contribution in [0.2, 0.25) is 0 Å². The smallest absolute Gasteiger partial charge is 0.135 e. The Hall–Kier alpha value is -2.36. The van der Waals surface area contributed by atoms with Gasteiger partial charge in [-0.05, 0) is 31.0 Å².